The van der Waals surface area contributed by atoms with E-state index in [0.717, 1.165) is 5.54 Å². The first-order valence-corrected chi connectivity index (χ1v) is 6.43. The molecule has 0 amide bonds. The highest BCUT2D eigenvalue weighted by Crippen LogP contribution is 2.16. The maximum atomic E-state index is 3.06. The van der Waals surface area contributed by atoms with Crippen molar-refractivity contribution in [2.75, 3.05) is 0 Å². The number of unbranched alkanes of at least 4 members (excludes halogenated alkanes) is 1. The van der Waals surface area contributed by atoms with Crippen molar-refractivity contribution < 1.29 is 0 Å². The van der Waals surface area contributed by atoms with Crippen LogP contribution in [0.1, 0.15) is 31.7 Å². The van der Waals surface area contributed by atoms with E-state index in [9.17, 15) is 0 Å². The summed E-state index contributed by atoms with van der Waals surface area (Å²) in [5, 5.41) is 0. The first-order valence-electron chi connectivity index (χ1n) is 5.28. The molecule has 1 rings (SSSR count). The van der Waals surface area contributed by atoms with Crippen molar-refractivity contribution in [2.45, 2.75) is 38.1 Å². The maximum Gasteiger partial charge on any atom is 0.00715 e. The molecule has 0 bridgehead atoms. The molecule has 0 spiro atoms. The van der Waals surface area contributed by atoms with Crippen molar-refractivity contribution in [3.8, 4) is 0 Å². The fraction of sp³-hybridized carbons (Fsp3) is 0.500. The summed E-state index contributed by atoms with van der Waals surface area (Å²) in [4.78, 5) is 0. The molecule has 0 aliphatic rings. The average Bonchev–Trinajstić information content (AvgIpc) is 2.16. The van der Waals surface area contributed by atoms with Gasteiger partial charge in [-0.3, -0.25) is 0 Å². The molecule has 0 N–H and O–H groups in total. The van der Waals surface area contributed by atoms with Crippen LogP contribution in [0.25, 0.3) is 0 Å². The second-order valence-electron chi connectivity index (χ2n) is 3.86. The van der Waals surface area contributed by atoms with Gasteiger partial charge >= 0.3 is 0 Å². The second kappa shape index (κ2) is 5.98. The number of hydrogen-bond acceptors (Lipinski definition) is 0. The Morgan fingerprint density at radius 1 is 1.38 bits per heavy atom. The lowest BCUT2D eigenvalue weighted by Crippen LogP contribution is -1.97. The molecule has 1 aromatic rings. The third-order valence-corrected chi connectivity index (χ3v) is 3.41. The van der Waals surface area contributed by atoms with Crippen LogP contribution >= 0.6 is 0 Å². The molecule has 0 nitrogen and oxygen atoms in total. The zero-order valence-electron chi connectivity index (χ0n) is 8.72. The zero-order valence-corrected chi connectivity index (χ0v) is 10.7. The van der Waals surface area contributed by atoms with Crippen LogP contribution in [0.2, 0.25) is 5.54 Å². The quantitative estimate of drug-likeness (QED) is 0.627. The van der Waals surface area contributed by atoms with Gasteiger partial charge in [0.25, 0.3) is 0 Å². The predicted octanol–water partition coefficient (Wildman–Crippen LogP) is 2.37. The average molecular weight is 191 g/mol. The van der Waals surface area contributed by atoms with E-state index >= 15 is 0 Å². The van der Waals surface area contributed by atoms with E-state index in [-0.39, 0.29) is 0 Å². The monoisotopic (exact) mass is 191 g/mol. The van der Waals surface area contributed by atoms with Crippen LogP contribution < -0.4 is 0 Å². The zero-order chi connectivity index (χ0) is 9.52. The Kier molecular flexibility index (Phi) is 4.84. The Morgan fingerprint density at radius 3 is 2.69 bits per heavy atom. The van der Waals surface area contributed by atoms with Crippen molar-refractivity contribution in [1.29, 1.82) is 0 Å². The summed E-state index contributed by atoms with van der Waals surface area (Å²) in [5.74, 6) is 0. The van der Waals surface area contributed by atoms with E-state index in [1.165, 1.54) is 41.5 Å². The molecule has 0 aliphatic carbocycles. The standard InChI is InChI=1S/C12H19Si/c1-2-3-9-12(13)10-11-7-5-4-6-8-11/h5-8,12H,2-3,9-10H2,1,13H3. The van der Waals surface area contributed by atoms with Crippen LogP contribution in [0.4, 0.5) is 0 Å². The van der Waals surface area contributed by atoms with Crippen molar-refractivity contribution in [1.82, 2.24) is 0 Å². The van der Waals surface area contributed by atoms with Gasteiger partial charge in [0.15, 0.2) is 0 Å². The molecular formula is C12H19Si. The Labute approximate surface area is 84.8 Å². The number of rotatable bonds is 5. The van der Waals surface area contributed by atoms with Gasteiger partial charge < -0.3 is 0 Å². The normalized spacial score (nSPS) is 13.0. The van der Waals surface area contributed by atoms with Crippen LogP contribution in [0.3, 0.4) is 0 Å². The Balaban J connectivity index is 2.32. The van der Waals surface area contributed by atoms with Gasteiger partial charge in [-0.1, -0.05) is 56.0 Å². The molecular weight excluding hydrogens is 172 g/mol. The van der Waals surface area contributed by atoms with Crippen molar-refractivity contribution >= 4 is 10.2 Å². The molecule has 1 heteroatoms. The molecule has 0 saturated carbocycles. The highest BCUT2D eigenvalue weighted by atomic mass is 28.1. The molecule has 71 valence electrons. The van der Waals surface area contributed by atoms with Crippen molar-refractivity contribution in [3.63, 3.8) is 0 Å². The van der Waals surface area contributed by atoms with Gasteiger partial charge in [0, 0.05) is 10.2 Å². The minimum atomic E-state index is 0.961. The first-order chi connectivity index (χ1) is 6.33. The molecule has 0 saturated heterocycles. The molecule has 1 unspecified atom stereocenters. The van der Waals surface area contributed by atoms with E-state index in [1.807, 2.05) is 12.1 Å². The van der Waals surface area contributed by atoms with E-state index in [1.54, 1.807) is 0 Å². The third kappa shape index (κ3) is 4.27. The lowest BCUT2D eigenvalue weighted by molar-refractivity contribution is 0.665. The molecule has 0 aromatic heterocycles. The topological polar surface area (TPSA) is 0 Å². The summed E-state index contributed by atoms with van der Waals surface area (Å²) >= 11 is 0. The van der Waals surface area contributed by atoms with Gasteiger partial charge in [0.1, 0.15) is 0 Å². The van der Waals surface area contributed by atoms with Gasteiger partial charge in [-0.2, -0.15) is 0 Å². The van der Waals surface area contributed by atoms with E-state index in [4.69, 9.17) is 0 Å². The van der Waals surface area contributed by atoms with Gasteiger partial charge in [0.2, 0.25) is 0 Å². The number of benzene rings is 1. The Hall–Kier alpha value is -0.563. The second-order valence-corrected chi connectivity index (χ2v) is 5.49. The Bertz CT molecular complexity index is 218. The van der Waals surface area contributed by atoms with E-state index in [0.29, 0.717) is 0 Å². The molecule has 13 heavy (non-hydrogen) atoms. The van der Waals surface area contributed by atoms with Crippen LogP contribution in [0.15, 0.2) is 24.3 Å². The lowest BCUT2D eigenvalue weighted by Gasteiger charge is -2.09. The van der Waals surface area contributed by atoms with E-state index in [2.05, 4.69) is 25.1 Å². The molecule has 0 heterocycles. The molecule has 0 aliphatic heterocycles. The summed E-state index contributed by atoms with van der Waals surface area (Å²) < 4.78 is 0. The van der Waals surface area contributed by atoms with Gasteiger partial charge in [-0.15, -0.1) is 0 Å². The minimum absolute atomic E-state index is 0.961. The fourth-order valence-electron chi connectivity index (χ4n) is 1.61. The highest BCUT2D eigenvalue weighted by Gasteiger charge is 2.01. The third-order valence-electron chi connectivity index (χ3n) is 2.42. The number of hydrogen-bond donors (Lipinski definition) is 0. The van der Waals surface area contributed by atoms with Gasteiger partial charge in [0.05, 0.1) is 0 Å². The van der Waals surface area contributed by atoms with Crippen LogP contribution in [-0.4, -0.2) is 10.2 Å². The first kappa shape index (κ1) is 10.5. The summed E-state index contributed by atoms with van der Waals surface area (Å²) in [6.07, 6.45) is 5.43. The molecule has 1 radical (unpaired) electrons. The van der Waals surface area contributed by atoms with Crippen molar-refractivity contribution in [3.05, 3.63) is 35.9 Å². The van der Waals surface area contributed by atoms with Crippen LogP contribution in [0, 0.1) is 6.07 Å². The summed E-state index contributed by atoms with van der Waals surface area (Å²) in [6.45, 7) is 2.27. The summed E-state index contributed by atoms with van der Waals surface area (Å²) in [5.41, 5.74) is 2.44. The lowest BCUT2D eigenvalue weighted by atomic mass is 10.1. The summed E-state index contributed by atoms with van der Waals surface area (Å²) in [6, 6.07) is 11.5. The summed E-state index contributed by atoms with van der Waals surface area (Å²) in [7, 11) is 1.33. The minimum Gasteiger partial charge on any atom is -0.0654 e. The van der Waals surface area contributed by atoms with Gasteiger partial charge in [-0.25, -0.2) is 0 Å². The predicted molar refractivity (Wildman–Crippen MR) is 62.2 cm³/mol. The van der Waals surface area contributed by atoms with Gasteiger partial charge in [-0.05, 0) is 18.1 Å². The molecule has 1 atom stereocenters. The van der Waals surface area contributed by atoms with Crippen LogP contribution in [-0.2, 0) is 6.42 Å². The molecule has 0 fully saturated rings. The largest absolute Gasteiger partial charge is 0.0654 e. The van der Waals surface area contributed by atoms with Crippen molar-refractivity contribution in [2.24, 2.45) is 0 Å². The SMILES string of the molecule is CCCCC([SiH3])Cc1cc[c]cc1. The molecule has 1 aromatic carbocycles. The maximum absolute atomic E-state index is 3.06. The fourth-order valence-corrected chi connectivity index (χ4v) is 2.49. The smallest absolute Gasteiger partial charge is 0.00715 e. The van der Waals surface area contributed by atoms with Crippen LogP contribution in [0.5, 0.6) is 0 Å². The highest BCUT2D eigenvalue weighted by molar-refractivity contribution is 6.11. The van der Waals surface area contributed by atoms with E-state index < -0.39 is 0 Å². The Morgan fingerprint density at radius 2 is 2.08 bits per heavy atom.